The van der Waals surface area contributed by atoms with Gasteiger partial charge in [0.1, 0.15) is 5.69 Å². The smallest absolute Gasteiger partial charge is 0.399 e. The van der Waals surface area contributed by atoms with E-state index in [0.29, 0.717) is 10.8 Å². The van der Waals surface area contributed by atoms with Crippen LogP contribution in [0.15, 0.2) is 17.5 Å². The Hall–Kier alpha value is -1.77. The fourth-order valence-electron chi connectivity index (χ4n) is 2.50. The molecule has 132 valence electrons. The number of aromatic nitrogens is 2. The lowest BCUT2D eigenvalue weighted by Gasteiger charge is -2.32. The van der Waals surface area contributed by atoms with Crippen LogP contribution in [0.5, 0.6) is 0 Å². The van der Waals surface area contributed by atoms with Crippen molar-refractivity contribution in [3.8, 4) is 0 Å². The van der Waals surface area contributed by atoms with Gasteiger partial charge >= 0.3 is 7.12 Å². The number of amides is 1. The third-order valence-corrected chi connectivity index (χ3v) is 5.45. The molecule has 1 amide bonds. The maximum atomic E-state index is 12.5. The van der Waals surface area contributed by atoms with Gasteiger partial charge in [0.05, 0.1) is 16.9 Å². The summed E-state index contributed by atoms with van der Waals surface area (Å²) in [6.07, 6.45) is 0. The Bertz CT molecular complexity index is 803. The fourth-order valence-corrected chi connectivity index (χ4v) is 3.18. The van der Waals surface area contributed by atoms with Crippen molar-refractivity contribution in [3.05, 3.63) is 34.6 Å². The number of thiazole rings is 1. The highest BCUT2D eigenvalue weighted by Crippen LogP contribution is 2.36. The normalized spacial score (nSPS) is 18.4. The number of carbonyl (C=O) groups excluding carboxylic acids is 1. The Morgan fingerprint density at radius 2 is 1.72 bits per heavy atom. The molecule has 1 aliphatic heterocycles. The third kappa shape index (κ3) is 3.61. The minimum absolute atomic E-state index is 0.296. The molecule has 1 fully saturated rings. The number of nitrogens with zero attached hydrogens (tertiary/aromatic N) is 2. The summed E-state index contributed by atoms with van der Waals surface area (Å²) in [6.45, 7) is 11.7. The summed E-state index contributed by atoms with van der Waals surface area (Å²) in [5, 5.41) is 5.22. The summed E-state index contributed by atoms with van der Waals surface area (Å²) in [7, 11) is -0.527. The van der Waals surface area contributed by atoms with E-state index in [1.165, 1.54) is 11.3 Å². The number of pyridine rings is 1. The van der Waals surface area contributed by atoms with Gasteiger partial charge in [-0.3, -0.25) is 10.1 Å². The highest BCUT2D eigenvalue weighted by molar-refractivity contribution is 7.13. The highest BCUT2D eigenvalue weighted by Gasteiger charge is 2.51. The van der Waals surface area contributed by atoms with Gasteiger partial charge in [-0.1, -0.05) is 0 Å². The predicted molar refractivity (Wildman–Crippen MR) is 99.5 cm³/mol. The quantitative estimate of drug-likeness (QED) is 0.853. The van der Waals surface area contributed by atoms with Gasteiger partial charge in [-0.15, -0.1) is 11.3 Å². The summed E-state index contributed by atoms with van der Waals surface area (Å²) >= 11 is 1.39. The van der Waals surface area contributed by atoms with E-state index >= 15 is 0 Å². The van der Waals surface area contributed by atoms with Crippen molar-refractivity contribution in [2.45, 2.75) is 52.7 Å². The van der Waals surface area contributed by atoms with Gasteiger partial charge in [0, 0.05) is 11.1 Å². The Kier molecular flexibility index (Phi) is 4.47. The Morgan fingerprint density at radius 3 is 2.28 bits per heavy atom. The first-order chi connectivity index (χ1) is 11.6. The van der Waals surface area contributed by atoms with Crippen LogP contribution in [0.25, 0.3) is 0 Å². The second-order valence-electron chi connectivity index (χ2n) is 7.26. The van der Waals surface area contributed by atoms with Gasteiger partial charge in [0.25, 0.3) is 5.91 Å². The molecule has 0 atom stereocenters. The number of anilines is 1. The first-order valence-electron chi connectivity index (χ1n) is 8.15. The van der Waals surface area contributed by atoms with Gasteiger partial charge in [0.15, 0.2) is 5.13 Å². The minimum atomic E-state index is -0.527. The van der Waals surface area contributed by atoms with Gasteiger partial charge < -0.3 is 9.31 Å². The van der Waals surface area contributed by atoms with Crippen LogP contribution in [0.4, 0.5) is 5.13 Å². The minimum Gasteiger partial charge on any atom is -0.399 e. The molecule has 0 unspecified atom stereocenters. The van der Waals surface area contributed by atoms with Crippen LogP contribution in [-0.4, -0.2) is 34.2 Å². The lowest BCUT2D eigenvalue weighted by molar-refractivity contribution is 0.00578. The number of hydrogen-bond acceptors (Lipinski definition) is 6. The fraction of sp³-hybridized carbons (Fsp3) is 0.471. The Balaban J connectivity index is 1.85. The second-order valence-corrected chi connectivity index (χ2v) is 8.12. The molecular formula is C17H22BN3O3S. The van der Waals surface area contributed by atoms with E-state index in [2.05, 4.69) is 15.3 Å². The van der Waals surface area contributed by atoms with Crippen LogP contribution in [0.3, 0.4) is 0 Å². The largest absolute Gasteiger partial charge is 0.494 e. The van der Waals surface area contributed by atoms with Crippen molar-refractivity contribution in [2.24, 2.45) is 0 Å². The average molecular weight is 359 g/mol. The summed E-state index contributed by atoms with van der Waals surface area (Å²) in [5.41, 5.74) is 1.83. The molecule has 0 radical (unpaired) electrons. The van der Waals surface area contributed by atoms with Crippen molar-refractivity contribution in [3.63, 3.8) is 0 Å². The summed E-state index contributed by atoms with van der Waals surface area (Å²) in [5.74, 6) is -0.296. The standard InChI is InChI=1S/C17H22BN3O3S/c1-10-7-12(18-23-16(3,4)17(5,6)24-18)8-13(19-10)14(22)21-15-20-11(2)9-25-15/h7-9H,1-6H3,(H,20,21,22). The van der Waals surface area contributed by atoms with Gasteiger partial charge in [-0.05, 0) is 59.1 Å². The average Bonchev–Trinajstić information content (AvgIpc) is 2.99. The molecule has 3 rings (SSSR count). The number of rotatable bonds is 3. The van der Waals surface area contributed by atoms with Crippen LogP contribution >= 0.6 is 11.3 Å². The van der Waals surface area contributed by atoms with Crippen molar-refractivity contribution in [1.82, 2.24) is 9.97 Å². The molecule has 2 aromatic rings. The van der Waals surface area contributed by atoms with Crippen molar-refractivity contribution in [2.75, 3.05) is 5.32 Å². The van der Waals surface area contributed by atoms with Crippen molar-refractivity contribution >= 4 is 35.0 Å². The molecule has 0 aliphatic carbocycles. The van der Waals surface area contributed by atoms with Gasteiger partial charge in [0.2, 0.25) is 0 Å². The number of carbonyl (C=O) groups is 1. The first kappa shape index (κ1) is 18.0. The maximum Gasteiger partial charge on any atom is 0.494 e. The van der Waals surface area contributed by atoms with E-state index in [1.54, 1.807) is 6.07 Å². The van der Waals surface area contributed by atoms with Crippen LogP contribution in [-0.2, 0) is 9.31 Å². The summed E-state index contributed by atoms with van der Waals surface area (Å²) < 4.78 is 12.1. The Morgan fingerprint density at radius 1 is 1.08 bits per heavy atom. The molecule has 1 aliphatic rings. The molecule has 25 heavy (non-hydrogen) atoms. The highest BCUT2D eigenvalue weighted by atomic mass is 32.1. The van der Waals surface area contributed by atoms with Gasteiger partial charge in [-0.2, -0.15) is 0 Å². The van der Waals surface area contributed by atoms with E-state index < -0.39 is 18.3 Å². The molecule has 1 saturated heterocycles. The third-order valence-electron chi connectivity index (χ3n) is 4.57. The predicted octanol–water partition coefficient (Wildman–Crippen LogP) is 2.71. The maximum absolute atomic E-state index is 12.5. The van der Waals surface area contributed by atoms with Crippen LogP contribution in [0, 0.1) is 13.8 Å². The number of aryl methyl sites for hydroxylation is 2. The summed E-state index contributed by atoms with van der Waals surface area (Å²) in [4.78, 5) is 21.1. The molecule has 0 spiro atoms. The molecule has 6 nitrogen and oxygen atoms in total. The van der Waals surface area contributed by atoms with Crippen LogP contribution in [0.2, 0.25) is 0 Å². The first-order valence-corrected chi connectivity index (χ1v) is 9.03. The molecule has 3 heterocycles. The molecule has 8 heteroatoms. The molecule has 0 bridgehead atoms. The van der Waals surface area contributed by atoms with Crippen LogP contribution in [0.1, 0.15) is 49.6 Å². The monoisotopic (exact) mass is 359 g/mol. The topological polar surface area (TPSA) is 73.3 Å². The van der Waals surface area contributed by atoms with E-state index in [0.717, 1.165) is 16.9 Å². The van der Waals surface area contributed by atoms with Crippen molar-refractivity contribution < 1.29 is 14.1 Å². The Labute approximate surface area is 152 Å². The molecule has 1 N–H and O–H groups in total. The lowest BCUT2D eigenvalue weighted by Crippen LogP contribution is -2.41. The van der Waals surface area contributed by atoms with E-state index in [1.807, 2.05) is 53.0 Å². The number of hydrogen-bond donors (Lipinski definition) is 1. The molecule has 0 saturated carbocycles. The van der Waals surface area contributed by atoms with E-state index in [-0.39, 0.29) is 5.91 Å². The second kappa shape index (κ2) is 6.19. The SMILES string of the molecule is Cc1cc(B2OC(C)(C)C(C)(C)O2)cc(C(=O)Nc2nc(C)cs2)n1. The van der Waals surface area contributed by atoms with Gasteiger partial charge in [-0.25, -0.2) is 9.97 Å². The number of nitrogens with one attached hydrogen (secondary N) is 1. The van der Waals surface area contributed by atoms with E-state index in [9.17, 15) is 4.79 Å². The van der Waals surface area contributed by atoms with Crippen molar-refractivity contribution in [1.29, 1.82) is 0 Å². The zero-order chi connectivity index (χ0) is 18.4. The van der Waals surface area contributed by atoms with E-state index in [4.69, 9.17) is 9.31 Å². The molecule has 0 aromatic carbocycles. The zero-order valence-electron chi connectivity index (χ0n) is 15.3. The molecular weight excluding hydrogens is 337 g/mol. The summed E-state index contributed by atoms with van der Waals surface area (Å²) in [6, 6.07) is 3.59. The lowest BCUT2D eigenvalue weighted by atomic mass is 9.79. The zero-order valence-corrected chi connectivity index (χ0v) is 16.2. The van der Waals surface area contributed by atoms with Crippen LogP contribution < -0.4 is 10.8 Å². The molecule has 2 aromatic heterocycles.